The fourth-order valence-electron chi connectivity index (χ4n) is 4.65. The van der Waals surface area contributed by atoms with Crippen LogP contribution in [0, 0.1) is 23.3 Å². The van der Waals surface area contributed by atoms with Crippen molar-refractivity contribution in [1.29, 1.82) is 0 Å². The second-order valence-electron chi connectivity index (χ2n) is 9.55. The van der Waals surface area contributed by atoms with Crippen molar-refractivity contribution in [2.75, 3.05) is 0 Å². The minimum absolute atomic E-state index is 0.0193. The van der Waals surface area contributed by atoms with Gasteiger partial charge in [0.15, 0.2) is 11.6 Å². The molecule has 0 aliphatic rings. The molecule has 210 valence electrons. The number of allylic oxidation sites excluding steroid dienone is 2. The molecule has 0 N–H and O–H groups in total. The SMILES string of the molecule is C/C=C/CCc1cc(F)c(CCc2ccc3c(F)c(CCc4ccc(OC(F)(F)F)c(F)c4)ccc3c2)c(F)c1. The molecule has 0 aromatic heterocycles. The van der Waals surface area contributed by atoms with Gasteiger partial charge in [0.1, 0.15) is 17.5 Å². The molecular formula is C32H27F7O. The van der Waals surface area contributed by atoms with E-state index in [1.807, 2.05) is 19.1 Å². The molecule has 4 aromatic rings. The van der Waals surface area contributed by atoms with E-state index in [4.69, 9.17) is 0 Å². The van der Waals surface area contributed by atoms with Crippen LogP contribution >= 0.6 is 0 Å². The van der Waals surface area contributed by atoms with E-state index < -0.39 is 35.4 Å². The summed E-state index contributed by atoms with van der Waals surface area (Å²) in [4.78, 5) is 0. The summed E-state index contributed by atoms with van der Waals surface area (Å²) in [6, 6.07) is 14.3. The van der Waals surface area contributed by atoms with Gasteiger partial charge in [-0.15, -0.1) is 13.2 Å². The van der Waals surface area contributed by atoms with E-state index in [0.29, 0.717) is 46.7 Å². The minimum atomic E-state index is -5.00. The molecule has 0 saturated carbocycles. The van der Waals surface area contributed by atoms with Gasteiger partial charge >= 0.3 is 6.36 Å². The van der Waals surface area contributed by atoms with Crippen LogP contribution in [0.2, 0.25) is 0 Å². The topological polar surface area (TPSA) is 9.23 Å². The van der Waals surface area contributed by atoms with Crippen LogP contribution in [0.15, 0.2) is 72.8 Å². The van der Waals surface area contributed by atoms with Gasteiger partial charge in [-0.1, -0.05) is 48.6 Å². The first-order chi connectivity index (χ1) is 19.0. The van der Waals surface area contributed by atoms with Gasteiger partial charge in [0.05, 0.1) is 0 Å². The predicted octanol–water partition coefficient (Wildman–Crippen LogP) is 9.37. The van der Waals surface area contributed by atoms with Crippen molar-refractivity contribution >= 4 is 10.8 Å². The molecule has 0 radical (unpaired) electrons. The van der Waals surface area contributed by atoms with Crippen LogP contribution in [0.3, 0.4) is 0 Å². The maximum atomic E-state index is 15.2. The molecule has 1 nitrogen and oxygen atoms in total. The van der Waals surface area contributed by atoms with Gasteiger partial charge in [0.25, 0.3) is 0 Å². The van der Waals surface area contributed by atoms with Crippen LogP contribution < -0.4 is 4.74 Å². The minimum Gasteiger partial charge on any atom is -0.403 e. The van der Waals surface area contributed by atoms with Crippen molar-refractivity contribution < 1.29 is 35.5 Å². The normalized spacial score (nSPS) is 12.0. The summed E-state index contributed by atoms with van der Waals surface area (Å²) in [6.07, 6.45) is 1.01. The number of fused-ring (bicyclic) bond motifs is 1. The monoisotopic (exact) mass is 560 g/mol. The Morgan fingerprint density at radius 2 is 1.32 bits per heavy atom. The zero-order valence-electron chi connectivity index (χ0n) is 21.7. The summed E-state index contributed by atoms with van der Waals surface area (Å²) in [5.74, 6) is -3.68. The smallest absolute Gasteiger partial charge is 0.403 e. The van der Waals surface area contributed by atoms with Gasteiger partial charge in [0.2, 0.25) is 0 Å². The summed E-state index contributed by atoms with van der Waals surface area (Å²) in [5.41, 5.74) is 2.19. The van der Waals surface area contributed by atoms with Crippen molar-refractivity contribution in [3.63, 3.8) is 0 Å². The molecule has 0 aliphatic carbocycles. The first-order valence-electron chi connectivity index (χ1n) is 12.9. The van der Waals surface area contributed by atoms with Gasteiger partial charge in [-0.2, -0.15) is 0 Å². The average molecular weight is 561 g/mol. The van der Waals surface area contributed by atoms with Gasteiger partial charge < -0.3 is 4.74 Å². The van der Waals surface area contributed by atoms with Gasteiger partial charge in [-0.25, -0.2) is 17.6 Å². The third kappa shape index (κ3) is 7.43. The quantitative estimate of drug-likeness (QED) is 0.139. The Labute approximate surface area is 227 Å². The molecular weight excluding hydrogens is 533 g/mol. The van der Waals surface area contributed by atoms with E-state index in [2.05, 4.69) is 4.74 Å². The molecule has 0 unspecified atom stereocenters. The van der Waals surface area contributed by atoms with Crippen LogP contribution in [0.25, 0.3) is 10.8 Å². The molecule has 0 amide bonds. The fraction of sp³-hybridized carbons (Fsp3) is 0.250. The first-order valence-corrected chi connectivity index (χ1v) is 12.9. The molecule has 0 aliphatic heterocycles. The van der Waals surface area contributed by atoms with Crippen molar-refractivity contribution in [2.24, 2.45) is 0 Å². The average Bonchev–Trinajstić information content (AvgIpc) is 2.89. The Balaban J connectivity index is 1.42. The Morgan fingerprint density at radius 3 is 2.00 bits per heavy atom. The highest BCUT2D eigenvalue weighted by molar-refractivity contribution is 5.84. The number of rotatable bonds is 10. The van der Waals surface area contributed by atoms with Gasteiger partial charge in [0, 0.05) is 10.9 Å². The highest BCUT2D eigenvalue weighted by Gasteiger charge is 2.32. The molecule has 0 saturated heterocycles. The highest BCUT2D eigenvalue weighted by Crippen LogP contribution is 2.28. The third-order valence-corrected chi connectivity index (χ3v) is 6.70. The number of benzene rings is 4. The number of hydrogen-bond donors (Lipinski definition) is 0. The molecule has 0 atom stereocenters. The van der Waals surface area contributed by atoms with Crippen LogP contribution in [0.1, 0.15) is 41.2 Å². The van der Waals surface area contributed by atoms with Crippen LogP contribution in [0.4, 0.5) is 30.7 Å². The Morgan fingerprint density at radius 1 is 0.675 bits per heavy atom. The molecule has 0 heterocycles. The van der Waals surface area contributed by atoms with Crippen LogP contribution in [-0.2, 0) is 32.1 Å². The Kier molecular flexibility index (Phi) is 9.17. The van der Waals surface area contributed by atoms with E-state index in [0.717, 1.165) is 17.7 Å². The first kappa shape index (κ1) is 29.2. The van der Waals surface area contributed by atoms with Crippen molar-refractivity contribution in [3.8, 4) is 5.75 Å². The number of aryl methyl sites for hydroxylation is 4. The summed E-state index contributed by atoms with van der Waals surface area (Å²) in [7, 11) is 0. The summed E-state index contributed by atoms with van der Waals surface area (Å²) in [5, 5.41) is 0.989. The number of halogens is 7. The molecule has 0 spiro atoms. The zero-order valence-corrected chi connectivity index (χ0v) is 21.7. The van der Waals surface area contributed by atoms with Crippen molar-refractivity contribution in [2.45, 2.75) is 51.8 Å². The Hall–Kier alpha value is -3.81. The lowest BCUT2D eigenvalue weighted by molar-refractivity contribution is -0.275. The maximum Gasteiger partial charge on any atom is 0.573 e. The Bertz CT molecular complexity index is 1500. The predicted molar refractivity (Wildman–Crippen MR) is 141 cm³/mol. The second kappa shape index (κ2) is 12.6. The van der Waals surface area contributed by atoms with Crippen LogP contribution in [0.5, 0.6) is 5.75 Å². The number of hydrogen-bond acceptors (Lipinski definition) is 1. The van der Waals surface area contributed by atoms with E-state index >= 15 is 4.39 Å². The summed E-state index contributed by atoms with van der Waals surface area (Å²) < 4.78 is 99.0. The van der Waals surface area contributed by atoms with Crippen molar-refractivity contribution in [1.82, 2.24) is 0 Å². The molecule has 4 rings (SSSR count). The molecule has 4 aromatic carbocycles. The standard InChI is InChI=1S/C32H27F7O/c1-2-3-4-5-22-18-27(33)26(28(34)19-22)14-8-20-7-13-25-24(16-20)12-11-23(31(25)36)10-6-21-9-15-30(29(35)17-21)40-32(37,38)39/h2-3,7,9,11-13,15-19H,4-6,8,10,14H2,1H3/b3-2+. The lowest BCUT2D eigenvalue weighted by Crippen LogP contribution is -2.18. The zero-order chi connectivity index (χ0) is 28.9. The van der Waals surface area contributed by atoms with E-state index in [-0.39, 0.29) is 24.8 Å². The summed E-state index contributed by atoms with van der Waals surface area (Å²) >= 11 is 0. The maximum absolute atomic E-state index is 15.2. The largest absolute Gasteiger partial charge is 0.573 e. The lowest BCUT2D eigenvalue weighted by atomic mass is 9.96. The van der Waals surface area contributed by atoms with E-state index in [1.165, 1.54) is 18.2 Å². The lowest BCUT2D eigenvalue weighted by Gasteiger charge is -2.12. The van der Waals surface area contributed by atoms with E-state index in [9.17, 15) is 26.3 Å². The molecule has 40 heavy (non-hydrogen) atoms. The second-order valence-corrected chi connectivity index (χ2v) is 9.55. The fourth-order valence-corrected chi connectivity index (χ4v) is 4.65. The van der Waals surface area contributed by atoms with Gasteiger partial charge in [-0.3, -0.25) is 0 Å². The number of ether oxygens (including phenoxy) is 1. The molecule has 8 heteroatoms. The van der Waals surface area contributed by atoms with E-state index in [1.54, 1.807) is 30.3 Å². The van der Waals surface area contributed by atoms with Crippen molar-refractivity contribution in [3.05, 3.63) is 124 Å². The number of alkyl halides is 3. The molecule has 0 bridgehead atoms. The third-order valence-electron chi connectivity index (χ3n) is 6.70. The van der Waals surface area contributed by atoms with Crippen LogP contribution in [-0.4, -0.2) is 6.36 Å². The van der Waals surface area contributed by atoms with Gasteiger partial charge in [-0.05, 0) is 97.4 Å². The summed E-state index contributed by atoms with van der Waals surface area (Å²) in [6.45, 7) is 1.89. The highest BCUT2D eigenvalue weighted by atomic mass is 19.4. The molecule has 0 fully saturated rings.